The number of nitrogens with zero attached hydrogens (tertiary/aromatic N) is 6. The molecule has 0 fully saturated rings. The summed E-state index contributed by atoms with van der Waals surface area (Å²) in [6, 6.07) is 61.3. The molecule has 53 heavy (non-hydrogen) atoms. The molecule has 4 heterocycles. The van der Waals surface area contributed by atoms with Crippen LogP contribution in [0.2, 0.25) is 0 Å². The van der Waals surface area contributed by atoms with Gasteiger partial charge in [-0.25, -0.2) is 19.9 Å². The summed E-state index contributed by atoms with van der Waals surface area (Å²) in [6.45, 7) is 0. The molecule has 0 spiro atoms. The second-order valence-electron chi connectivity index (χ2n) is 13.5. The first-order chi connectivity index (χ1) is 26.3. The molecule has 0 unspecified atom stereocenters. The molecule has 0 radical (unpaired) electrons. The minimum Gasteiger partial charge on any atom is -0.309 e. The normalized spacial score (nSPS) is 13.1. The van der Waals surface area contributed by atoms with E-state index in [-0.39, 0.29) is 0 Å². The topological polar surface area (TPSA) is 61.4 Å². The highest BCUT2D eigenvalue weighted by atomic mass is 15.1. The van der Waals surface area contributed by atoms with Gasteiger partial charge in [0.05, 0.1) is 33.2 Å². The number of hydrogen-bond donors (Lipinski definition) is 0. The smallest absolute Gasteiger partial charge is 0.162 e. The quantitative estimate of drug-likeness (QED) is 0.182. The SMILES string of the molecule is c1ccc(C2(c3ccccc3)c3cc(-n4c5ccccc5c5ccccc54)ccc3-n3c(-c4ccc(-c5ncncn5)cc4)nc4cccc2c43)cc1. The van der Waals surface area contributed by atoms with Crippen LogP contribution in [-0.2, 0) is 5.41 Å². The van der Waals surface area contributed by atoms with Gasteiger partial charge in [-0.05, 0) is 58.7 Å². The lowest BCUT2D eigenvalue weighted by atomic mass is 9.63. The molecule has 0 bridgehead atoms. The average Bonchev–Trinajstić information content (AvgIpc) is 3.79. The Kier molecular flexibility index (Phi) is 6.36. The van der Waals surface area contributed by atoms with Crippen LogP contribution in [0.5, 0.6) is 0 Å². The van der Waals surface area contributed by atoms with Crippen molar-refractivity contribution in [1.82, 2.24) is 29.1 Å². The maximum Gasteiger partial charge on any atom is 0.162 e. The Morgan fingerprint density at radius 2 is 1.08 bits per heavy atom. The first kappa shape index (κ1) is 29.5. The molecule has 11 rings (SSSR count). The number of aromatic nitrogens is 6. The van der Waals surface area contributed by atoms with E-state index >= 15 is 0 Å². The molecule has 3 aromatic heterocycles. The molecule has 0 atom stereocenters. The number of para-hydroxylation sites is 3. The minimum absolute atomic E-state index is 0.637. The zero-order valence-corrected chi connectivity index (χ0v) is 28.5. The summed E-state index contributed by atoms with van der Waals surface area (Å²) in [5.41, 5.74) is 12.7. The third kappa shape index (κ3) is 4.20. The van der Waals surface area contributed by atoms with Gasteiger partial charge in [0, 0.05) is 27.6 Å². The van der Waals surface area contributed by atoms with Crippen LogP contribution in [0, 0.1) is 0 Å². The molecule has 0 saturated heterocycles. The standard InChI is InChI=1S/C47H30N6/c1-3-12-33(13-4-1)47(34-14-5-2-6-15-34)38-18-11-19-40-44(38)53(46(51-40)32-24-22-31(23-25-32)45-49-29-48-30-50-45)43-27-26-35(28-39(43)47)52-41-20-9-7-16-36(41)37-17-8-10-21-42(37)52/h1-30H. The van der Waals surface area contributed by atoms with Crippen LogP contribution in [0.4, 0.5) is 0 Å². The zero-order chi connectivity index (χ0) is 34.9. The molecule has 6 heteroatoms. The molecule has 0 amide bonds. The second kappa shape index (κ2) is 11.4. The van der Waals surface area contributed by atoms with E-state index < -0.39 is 5.41 Å². The predicted octanol–water partition coefficient (Wildman–Crippen LogP) is 10.3. The van der Waals surface area contributed by atoms with Gasteiger partial charge < -0.3 is 4.57 Å². The van der Waals surface area contributed by atoms with Crippen molar-refractivity contribution in [2.75, 3.05) is 0 Å². The number of fused-ring (bicyclic) bond motifs is 5. The van der Waals surface area contributed by atoms with Gasteiger partial charge in [0.1, 0.15) is 18.5 Å². The largest absolute Gasteiger partial charge is 0.309 e. The molecule has 1 aliphatic heterocycles. The number of imidazole rings is 1. The van der Waals surface area contributed by atoms with Crippen molar-refractivity contribution in [2.24, 2.45) is 0 Å². The van der Waals surface area contributed by atoms with Crippen LogP contribution in [0.25, 0.3) is 67.0 Å². The number of hydrogen-bond acceptors (Lipinski definition) is 4. The number of rotatable bonds is 5. The van der Waals surface area contributed by atoms with Crippen molar-refractivity contribution in [1.29, 1.82) is 0 Å². The monoisotopic (exact) mass is 678 g/mol. The third-order valence-corrected chi connectivity index (χ3v) is 10.9. The van der Waals surface area contributed by atoms with E-state index in [2.05, 4.69) is 194 Å². The average molecular weight is 679 g/mol. The van der Waals surface area contributed by atoms with Crippen molar-refractivity contribution in [3.8, 4) is 34.2 Å². The van der Waals surface area contributed by atoms with Crippen LogP contribution in [0.1, 0.15) is 22.3 Å². The second-order valence-corrected chi connectivity index (χ2v) is 13.5. The lowest BCUT2D eigenvalue weighted by molar-refractivity contribution is 0.724. The van der Waals surface area contributed by atoms with Crippen LogP contribution < -0.4 is 0 Å². The fourth-order valence-corrected chi connectivity index (χ4v) is 8.68. The molecular formula is C47H30N6. The fourth-order valence-electron chi connectivity index (χ4n) is 8.68. The van der Waals surface area contributed by atoms with E-state index in [1.807, 2.05) is 0 Å². The highest BCUT2D eigenvalue weighted by Crippen LogP contribution is 2.54. The predicted molar refractivity (Wildman–Crippen MR) is 212 cm³/mol. The summed E-state index contributed by atoms with van der Waals surface area (Å²) in [5, 5.41) is 2.48. The van der Waals surface area contributed by atoms with Gasteiger partial charge in [0.2, 0.25) is 0 Å². The molecule has 7 aromatic carbocycles. The van der Waals surface area contributed by atoms with Gasteiger partial charge in [0.25, 0.3) is 0 Å². The maximum absolute atomic E-state index is 5.38. The summed E-state index contributed by atoms with van der Waals surface area (Å²) >= 11 is 0. The zero-order valence-electron chi connectivity index (χ0n) is 28.5. The summed E-state index contributed by atoms with van der Waals surface area (Å²) in [4.78, 5) is 18.1. The summed E-state index contributed by atoms with van der Waals surface area (Å²) in [6.07, 6.45) is 3.05. The molecule has 0 saturated carbocycles. The van der Waals surface area contributed by atoms with E-state index in [0.29, 0.717) is 5.82 Å². The maximum atomic E-state index is 5.38. The van der Waals surface area contributed by atoms with E-state index in [0.717, 1.165) is 39.4 Å². The summed E-state index contributed by atoms with van der Waals surface area (Å²) < 4.78 is 4.79. The molecule has 10 aromatic rings. The van der Waals surface area contributed by atoms with Gasteiger partial charge >= 0.3 is 0 Å². The van der Waals surface area contributed by atoms with Crippen molar-refractivity contribution in [3.63, 3.8) is 0 Å². The fraction of sp³-hybridized carbons (Fsp3) is 0.0213. The molecule has 6 nitrogen and oxygen atoms in total. The van der Waals surface area contributed by atoms with Gasteiger partial charge in [-0.1, -0.05) is 133 Å². The van der Waals surface area contributed by atoms with Crippen LogP contribution in [-0.4, -0.2) is 29.1 Å². The van der Waals surface area contributed by atoms with Crippen molar-refractivity contribution in [2.45, 2.75) is 5.41 Å². The van der Waals surface area contributed by atoms with Gasteiger partial charge in [0.15, 0.2) is 5.82 Å². The van der Waals surface area contributed by atoms with Crippen LogP contribution in [0.3, 0.4) is 0 Å². The van der Waals surface area contributed by atoms with E-state index in [1.54, 1.807) is 0 Å². The van der Waals surface area contributed by atoms with Gasteiger partial charge in [-0.15, -0.1) is 0 Å². The lowest BCUT2D eigenvalue weighted by Gasteiger charge is -2.41. The highest BCUT2D eigenvalue weighted by molar-refractivity contribution is 6.09. The Labute approximate surface area is 305 Å². The third-order valence-electron chi connectivity index (χ3n) is 10.9. The van der Waals surface area contributed by atoms with Crippen LogP contribution >= 0.6 is 0 Å². The summed E-state index contributed by atoms with van der Waals surface area (Å²) in [5.74, 6) is 1.53. The Morgan fingerprint density at radius 1 is 0.472 bits per heavy atom. The van der Waals surface area contributed by atoms with Crippen molar-refractivity contribution < 1.29 is 0 Å². The van der Waals surface area contributed by atoms with Gasteiger partial charge in [-0.3, -0.25) is 4.57 Å². The highest BCUT2D eigenvalue weighted by Gasteiger charge is 2.45. The lowest BCUT2D eigenvalue weighted by Crippen LogP contribution is -2.35. The molecule has 1 aliphatic rings. The first-order valence-electron chi connectivity index (χ1n) is 17.8. The Morgan fingerprint density at radius 3 is 1.74 bits per heavy atom. The van der Waals surface area contributed by atoms with Crippen molar-refractivity contribution >= 4 is 32.8 Å². The molecule has 0 aliphatic carbocycles. The van der Waals surface area contributed by atoms with E-state index in [9.17, 15) is 0 Å². The van der Waals surface area contributed by atoms with Crippen LogP contribution in [0.15, 0.2) is 183 Å². The van der Waals surface area contributed by atoms with E-state index in [1.165, 1.54) is 56.7 Å². The molecule has 0 N–H and O–H groups in total. The Balaban J connectivity index is 1.25. The Hall–Kier alpha value is -7.18. The number of benzene rings is 7. The van der Waals surface area contributed by atoms with Gasteiger partial charge in [-0.2, -0.15) is 0 Å². The molecular weight excluding hydrogens is 649 g/mol. The van der Waals surface area contributed by atoms with Crippen molar-refractivity contribution in [3.05, 3.63) is 205 Å². The van der Waals surface area contributed by atoms with E-state index in [4.69, 9.17) is 4.98 Å². The Bertz CT molecular complexity index is 2890. The minimum atomic E-state index is -0.637. The molecule has 248 valence electrons. The summed E-state index contributed by atoms with van der Waals surface area (Å²) in [7, 11) is 0. The first-order valence-corrected chi connectivity index (χ1v) is 17.8.